The molecule has 0 radical (unpaired) electrons. The summed E-state index contributed by atoms with van der Waals surface area (Å²) in [5.74, 6) is 3.26. The Bertz CT molecular complexity index is 609. The summed E-state index contributed by atoms with van der Waals surface area (Å²) >= 11 is 0. The van der Waals surface area contributed by atoms with Gasteiger partial charge < -0.3 is 4.52 Å². The smallest absolute Gasteiger partial charge is 0.232 e. The van der Waals surface area contributed by atoms with E-state index in [9.17, 15) is 0 Å². The predicted molar refractivity (Wildman–Crippen MR) is 71.9 cm³/mol. The topological polar surface area (TPSA) is 72.9 Å². The Morgan fingerprint density at radius 1 is 1.20 bits per heavy atom. The van der Waals surface area contributed by atoms with Crippen molar-refractivity contribution < 1.29 is 4.52 Å². The van der Waals surface area contributed by atoms with Gasteiger partial charge in [-0.05, 0) is 6.92 Å². The van der Waals surface area contributed by atoms with Gasteiger partial charge in [0, 0.05) is 12.0 Å². The Labute approximate surface area is 118 Å². The van der Waals surface area contributed by atoms with Crippen molar-refractivity contribution in [2.24, 2.45) is 0 Å². The molecule has 0 aliphatic carbocycles. The van der Waals surface area contributed by atoms with E-state index in [1.807, 2.05) is 11.6 Å². The molecular formula is C13H20N6O. The van der Waals surface area contributed by atoms with Crippen LogP contribution in [0.4, 0.5) is 0 Å². The van der Waals surface area contributed by atoms with E-state index in [0.717, 1.165) is 37.1 Å². The number of aryl methyl sites for hydroxylation is 1. The third-order valence-corrected chi connectivity index (χ3v) is 3.32. The fraction of sp³-hybridized carbons (Fsp3) is 0.692. The van der Waals surface area contributed by atoms with Crippen molar-refractivity contribution in [1.82, 2.24) is 29.8 Å². The lowest BCUT2D eigenvalue weighted by Gasteiger charge is -2.25. The molecule has 20 heavy (non-hydrogen) atoms. The largest absolute Gasteiger partial charge is 0.339 e. The van der Waals surface area contributed by atoms with Crippen LogP contribution in [0.5, 0.6) is 0 Å². The highest BCUT2D eigenvalue weighted by Crippen LogP contribution is 2.20. The Balaban J connectivity index is 1.69. The number of hydrogen-bond acceptors (Lipinski definition) is 6. The van der Waals surface area contributed by atoms with Crippen LogP contribution >= 0.6 is 0 Å². The van der Waals surface area contributed by atoms with E-state index >= 15 is 0 Å². The van der Waals surface area contributed by atoms with Crippen LogP contribution in [0.25, 0.3) is 0 Å². The lowest BCUT2D eigenvalue weighted by molar-refractivity contribution is 0.194. The highest BCUT2D eigenvalue weighted by molar-refractivity contribution is 4.99. The van der Waals surface area contributed by atoms with Gasteiger partial charge in [-0.3, -0.25) is 4.90 Å². The van der Waals surface area contributed by atoms with Crippen molar-refractivity contribution in [3.8, 4) is 0 Å². The van der Waals surface area contributed by atoms with Crippen LogP contribution in [0.3, 0.4) is 0 Å². The summed E-state index contributed by atoms with van der Waals surface area (Å²) < 4.78 is 7.30. The third kappa shape index (κ3) is 2.58. The lowest BCUT2D eigenvalue weighted by Crippen LogP contribution is -2.34. The highest BCUT2D eigenvalue weighted by Gasteiger charge is 2.24. The van der Waals surface area contributed by atoms with Crippen molar-refractivity contribution in [3.63, 3.8) is 0 Å². The third-order valence-electron chi connectivity index (χ3n) is 3.32. The minimum atomic E-state index is -0.107. The van der Waals surface area contributed by atoms with Gasteiger partial charge in [-0.2, -0.15) is 10.1 Å². The van der Waals surface area contributed by atoms with Crippen LogP contribution in [-0.4, -0.2) is 36.3 Å². The molecule has 0 atom stereocenters. The Hall–Kier alpha value is -1.76. The molecule has 2 aromatic rings. The van der Waals surface area contributed by atoms with Crippen LogP contribution in [0.15, 0.2) is 4.52 Å². The number of nitrogens with zero attached hydrogens (tertiary/aromatic N) is 6. The molecule has 3 heterocycles. The van der Waals surface area contributed by atoms with Gasteiger partial charge in [0.2, 0.25) is 5.89 Å². The van der Waals surface area contributed by atoms with E-state index in [-0.39, 0.29) is 5.41 Å². The minimum absolute atomic E-state index is 0.107. The first kappa shape index (κ1) is 13.2. The predicted octanol–water partition coefficient (Wildman–Crippen LogP) is 1.28. The molecule has 2 aromatic heterocycles. The summed E-state index contributed by atoms with van der Waals surface area (Å²) in [6.45, 7) is 11.4. The molecule has 1 aliphatic heterocycles. The van der Waals surface area contributed by atoms with E-state index in [1.165, 1.54) is 0 Å². The van der Waals surface area contributed by atoms with Gasteiger partial charge in [0.15, 0.2) is 5.82 Å². The Morgan fingerprint density at radius 3 is 2.70 bits per heavy atom. The maximum absolute atomic E-state index is 5.32. The molecule has 7 heteroatoms. The van der Waals surface area contributed by atoms with Crippen LogP contribution in [0.1, 0.15) is 44.1 Å². The van der Waals surface area contributed by atoms with E-state index in [0.29, 0.717) is 12.4 Å². The molecule has 0 fully saturated rings. The molecule has 0 N–H and O–H groups in total. The van der Waals surface area contributed by atoms with E-state index < -0.39 is 0 Å². The SMILES string of the molecule is Cc1nc2n(n1)CCN(Cc1noc(C(C)(C)C)n1)C2. The number of hydrogen-bond donors (Lipinski definition) is 0. The zero-order chi connectivity index (χ0) is 14.3. The van der Waals surface area contributed by atoms with Crippen LogP contribution in [0.2, 0.25) is 0 Å². The average molecular weight is 276 g/mol. The summed E-state index contributed by atoms with van der Waals surface area (Å²) in [7, 11) is 0. The molecule has 1 aliphatic rings. The number of fused-ring (bicyclic) bond motifs is 1. The van der Waals surface area contributed by atoms with E-state index in [1.54, 1.807) is 0 Å². The number of rotatable bonds is 2. The molecular weight excluding hydrogens is 256 g/mol. The molecule has 0 saturated heterocycles. The first-order chi connectivity index (χ1) is 9.41. The van der Waals surface area contributed by atoms with Gasteiger partial charge in [0.25, 0.3) is 0 Å². The molecule has 0 amide bonds. The van der Waals surface area contributed by atoms with Crippen molar-refractivity contribution >= 4 is 0 Å². The Kier molecular flexibility index (Phi) is 3.08. The van der Waals surface area contributed by atoms with Crippen LogP contribution in [0, 0.1) is 6.92 Å². The molecule has 0 spiro atoms. The molecule has 108 valence electrons. The second-order valence-corrected chi connectivity index (χ2v) is 6.27. The average Bonchev–Trinajstić information content (AvgIpc) is 2.93. The summed E-state index contributed by atoms with van der Waals surface area (Å²) in [5, 5.41) is 8.43. The second-order valence-electron chi connectivity index (χ2n) is 6.27. The fourth-order valence-corrected chi connectivity index (χ4v) is 2.27. The summed E-state index contributed by atoms with van der Waals surface area (Å²) in [6, 6.07) is 0. The highest BCUT2D eigenvalue weighted by atomic mass is 16.5. The van der Waals surface area contributed by atoms with Crippen molar-refractivity contribution in [2.45, 2.75) is 52.7 Å². The lowest BCUT2D eigenvalue weighted by atomic mass is 9.97. The normalized spacial score (nSPS) is 16.4. The molecule has 0 unspecified atom stereocenters. The van der Waals surface area contributed by atoms with Gasteiger partial charge in [-0.1, -0.05) is 25.9 Å². The minimum Gasteiger partial charge on any atom is -0.339 e. The molecule has 7 nitrogen and oxygen atoms in total. The van der Waals surface area contributed by atoms with Gasteiger partial charge >= 0.3 is 0 Å². The van der Waals surface area contributed by atoms with Gasteiger partial charge in [0.05, 0.1) is 19.6 Å². The monoisotopic (exact) mass is 276 g/mol. The second kappa shape index (κ2) is 4.66. The first-order valence-electron chi connectivity index (χ1n) is 6.87. The molecule has 0 aromatic carbocycles. The molecule has 0 bridgehead atoms. The Morgan fingerprint density at radius 2 is 2.00 bits per heavy atom. The van der Waals surface area contributed by atoms with E-state index in [2.05, 4.69) is 45.9 Å². The first-order valence-corrected chi connectivity index (χ1v) is 6.87. The zero-order valence-corrected chi connectivity index (χ0v) is 12.4. The van der Waals surface area contributed by atoms with Crippen LogP contribution in [-0.2, 0) is 25.0 Å². The number of aromatic nitrogens is 5. The standard InChI is InChI=1S/C13H20N6O/c1-9-14-11-8-18(5-6-19(11)16-9)7-10-15-12(20-17-10)13(2,3)4/h5-8H2,1-4H3. The maximum atomic E-state index is 5.32. The quantitative estimate of drug-likeness (QED) is 0.822. The molecule has 3 rings (SSSR count). The van der Waals surface area contributed by atoms with E-state index in [4.69, 9.17) is 4.52 Å². The van der Waals surface area contributed by atoms with Gasteiger partial charge in [-0.15, -0.1) is 0 Å². The summed E-state index contributed by atoms with van der Waals surface area (Å²) in [5.41, 5.74) is -0.107. The fourth-order valence-electron chi connectivity index (χ4n) is 2.27. The van der Waals surface area contributed by atoms with Crippen molar-refractivity contribution in [3.05, 3.63) is 23.4 Å². The van der Waals surface area contributed by atoms with Gasteiger partial charge in [0.1, 0.15) is 11.6 Å². The molecule has 0 saturated carbocycles. The van der Waals surface area contributed by atoms with Crippen LogP contribution < -0.4 is 0 Å². The van der Waals surface area contributed by atoms with Crippen molar-refractivity contribution in [1.29, 1.82) is 0 Å². The summed E-state index contributed by atoms with van der Waals surface area (Å²) in [4.78, 5) is 11.2. The van der Waals surface area contributed by atoms with Gasteiger partial charge in [-0.25, -0.2) is 9.67 Å². The summed E-state index contributed by atoms with van der Waals surface area (Å²) in [6.07, 6.45) is 0. The zero-order valence-electron chi connectivity index (χ0n) is 12.4. The van der Waals surface area contributed by atoms with Crippen molar-refractivity contribution in [2.75, 3.05) is 6.54 Å². The maximum Gasteiger partial charge on any atom is 0.232 e.